The fraction of sp³-hybridized carbons (Fsp3) is 0.357. The first-order valence-corrected chi connectivity index (χ1v) is 6.51. The lowest BCUT2D eigenvalue weighted by molar-refractivity contribution is 0.0690. The van der Waals surface area contributed by atoms with Crippen LogP contribution in [0.25, 0.3) is 0 Å². The molecule has 0 aliphatic rings. The van der Waals surface area contributed by atoms with Crippen molar-refractivity contribution in [3.8, 4) is 0 Å². The first-order valence-electron chi connectivity index (χ1n) is 6.51. The third-order valence-electron chi connectivity index (χ3n) is 2.92. The van der Waals surface area contributed by atoms with Crippen LogP contribution in [0.4, 0.5) is 5.82 Å². The lowest BCUT2D eigenvalue weighted by Gasteiger charge is -2.07. The quantitative estimate of drug-likeness (QED) is 0.788. The maximum Gasteiger partial charge on any atom is 0.354 e. The highest BCUT2D eigenvalue weighted by Gasteiger charge is 2.05. The lowest BCUT2D eigenvalue weighted by atomic mass is 10.3. The monoisotopic (exact) mass is 274 g/mol. The van der Waals surface area contributed by atoms with Gasteiger partial charge in [-0.25, -0.2) is 9.78 Å². The highest BCUT2D eigenvalue weighted by Crippen LogP contribution is 2.06. The molecule has 0 spiro atoms. The summed E-state index contributed by atoms with van der Waals surface area (Å²) < 4.78 is 1.97. The minimum absolute atomic E-state index is 0.0496. The molecule has 2 N–H and O–H groups in total. The third-order valence-corrected chi connectivity index (χ3v) is 2.92. The molecule has 2 aromatic rings. The molecule has 6 heteroatoms. The number of nitrogens with one attached hydrogen (secondary N) is 1. The van der Waals surface area contributed by atoms with Crippen molar-refractivity contribution in [2.45, 2.75) is 26.8 Å². The summed E-state index contributed by atoms with van der Waals surface area (Å²) >= 11 is 0. The molecule has 2 heterocycles. The Labute approximate surface area is 117 Å². The van der Waals surface area contributed by atoms with Crippen molar-refractivity contribution in [2.24, 2.45) is 0 Å². The third kappa shape index (κ3) is 3.57. The summed E-state index contributed by atoms with van der Waals surface area (Å²) in [4.78, 5) is 14.8. The number of aryl methyl sites for hydroxylation is 3. The molecule has 0 aromatic carbocycles. The molecule has 0 fully saturated rings. The van der Waals surface area contributed by atoms with Crippen LogP contribution in [0.5, 0.6) is 0 Å². The van der Waals surface area contributed by atoms with E-state index in [2.05, 4.69) is 15.4 Å². The van der Waals surface area contributed by atoms with Crippen molar-refractivity contribution >= 4 is 11.8 Å². The molecule has 0 aliphatic carbocycles. The number of hydrogen-bond donors (Lipinski definition) is 2. The van der Waals surface area contributed by atoms with Gasteiger partial charge in [0.25, 0.3) is 0 Å². The highest BCUT2D eigenvalue weighted by atomic mass is 16.4. The van der Waals surface area contributed by atoms with E-state index in [-0.39, 0.29) is 5.69 Å². The molecule has 2 aromatic heterocycles. The maximum absolute atomic E-state index is 10.8. The number of nitrogens with zero attached hydrogens (tertiary/aromatic N) is 3. The molecule has 0 saturated carbocycles. The molecule has 0 radical (unpaired) electrons. The van der Waals surface area contributed by atoms with Gasteiger partial charge in [0.05, 0.1) is 5.69 Å². The zero-order chi connectivity index (χ0) is 14.5. The fourth-order valence-corrected chi connectivity index (χ4v) is 2.00. The molecule has 2 rings (SSSR count). The van der Waals surface area contributed by atoms with E-state index < -0.39 is 5.97 Å². The molecule has 0 saturated heterocycles. The number of anilines is 1. The molecule has 6 nitrogen and oxygen atoms in total. The number of rotatable bonds is 6. The van der Waals surface area contributed by atoms with Crippen LogP contribution in [0.2, 0.25) is 0 Å². The van der Waals surface area contributed by atoms with Gasteiger partial charge in [-0.15, -0.1) is 0 Å². The van der Waals surface area contributed by atoms with Gasteiger partial charge in [0.15, 0.2) is 5.69 Å². The number of pyridine rings is 1. The maximum atomic E-state index is 10.8. The molecule has 0 atom stereocenters. The SMILES string of the molecule is Cc1cc(C)n(CCCNc2cccc(C(=O)O)n2)n1. The van der Waals surface area contributed by atoms with Crippen LogP contribution in [-0.2, 0) is 6.54 Å². The minimum atomic E-state index is -1.02. The largest absolute Gasteiger partial charge is 0.477 e. The predicted molar refractivity (Wildman–Crippen MR) is 76.0 cm³/mol. The average molecular weight is 274 g/mol. The molecule has 0 aliphatic heterocycles. The van der Waals surface area contributed by atoms with Gasteiger partial charge in [-0.1, -0.05) is 6.07 Å². The molecule has 20 heavy (non-hydrogen) atoms. The van der Waals surface area contributed by atoms with Crippen molar-refractivity contribution in [2.75, 3.05) is 11.9 Å². The van der Waals surface area contributed by atoms with Crippen LogP contribution in [-0.4, -0.2) is 32.4 Å². The van der Waals surface area contributed by atoms with Gasteiger partial charge in [-0.3, -0.25) is 4.68 Å². The number of carbonyl (C=O) groups is 1. The van der Waals surface area contributed by atoms with E-state index in [0.29, 0.717) is 12.4 Å². The topological polar surface area (TPSA) is 80.0 Å². The zero-order valence-corrected chi connectivity index (χ0v) is 11.6. The molecule has 106 valence electrons. The first kappa shape index (κ1) is 14.0. The molecular formula is C14H18N4O2. The Morgan fingerprint density at radius 2 is 2.20 bits per heavy atom. The average Bonchev–Trinajstić information content (AvgIpc) is 2.73. The number of hydrogen-bond acceptors (Lipinski definition) is 4. The second kappa shape index (κ2) is 6.18. The summed E-state index contributed by atoms with van der Waals surface area (Å²) in [5.41, 5.74) is 2.22. The van der Waals surface area contributed by atoms with Crippen LogP contribution < -0.4 is 5.32 Å². The van der Waals surface area contributed by atoms with E-state index in [9.17, 15) is 4.79 Å². The van der Waals surface area contributed by atoms with Crippen LogP contribution in [0.15, 0.2) is 24.3 Å². The van der Waals surface area contributed by atoms with Gasteiger partial charge < -0.3 is 10.4 Å². The Morgan fingerprint density at radius 1 is 1.40 bits per heavy atom. The number of carboxylic acids is 1. The van der Waals surface area contributed by atoms with E-state index in [4.69, 9.17) is 5.11 Å². The van der Waals surface area contributed by atoms with Crippen molar-refractivity contribution < 1.29 is 9.90 Å². The Morgan fingerprint density at radius 3 is 2.85 bits per heavy atom. The van der Waals surface area contributed by atoms with Gasteiger partial charge in [0.2, 0.25) is 0 Å². The van der Waals surface area contributed by atoms with E-state index in [0.717, 1.165) is 24.4 Å². The molecule has 0 unspecified atom stereocenters. The standard InChI is InChI=1S/C14H18N4O2/c1-10-9-11(2)18(17-10)8-4-7-15-13-6-3-5-12(16-13)14(19)20/h3,5-6,9H,4,7-8H2,1-2H3,(H,15,16)(H,19,20). The summed E-state index contributed by atoms with van der Waals surface area (Å²) in [6.45, 7) is 5.55. The van der Waals surface area contributed by atoms with E-state index in [1.54, 1.807) is 12.1 Å². The Balaban J connectivity index is 1.83. The van der Waals surface area contributed by atoms with Gasteiger partial charge in [-0.05, 0) is 38.5 Å². The Kier molecular flexibility index (Phi) is 4.34. The van der Waals surface area contributed by atoms with Gasteiger partial charge in [0, 0.05) is 18.8 Å². The normalized spacial score (nSPS) is 10.5. The summed E-state index contributed by atoms with van der Waals surface area (Å²) in [7, 11) is 0. The second-order valence-corrected chi connectivity index (χ2v) is 4.64. The molecule has 0 bridgehead atoms. The van der Waals surface area contributed by atoms with Crippen molar-refractivity contribution in [1.82, 2.24) is 14.8 Å². The Bertz CT molecular complexity index is 607. The number of aromatic carboxylic acids is 1. The summed E-state index contributed by atoms with van der Waals surface area (Å²) in [5, 5.41) is 16.4. The predicted octanol–water partition coefficient (Wildman–Crippen LogP) is 2.10. The van der Waals surface area contributed by atoms with E-state index >= 15 is 0 Å². The summed E-state index contributed by atoms with van der Waals surface area (Å²) in [6, 6.07) is 6.96. The molecule has 0 amide bonds. The van der Waals surface area contributed by atoms with Gasteiger partial charge in [-0.2, -0.15) is 5.10 Å². The lowest BCUT2D eigenvalue weighted by Crippen LogP contribution is -2.10. The van der Waals surface area contributed by atoms with Crippen LogP contribution in [0.3, 0.4) is 0 Å². The smallest absolute Gasteiger partial charge is 0.354 e. The van der Waals surface area contributed by atoms with Crippen molar-refractivity contribution in [3.63, 3.8) is 0 Å². The zero-order valence-electron chi connectivity index (χ0n) is 11.6. The highest BCUT2D eigenvalue weighted by molar-refractivity contribution is 5.85. The number of carboxylic acid groups (broad SMARTS) is 1. The summed E-state index contributed by atoms with van der Waals surface area (Å²) in [6.07, 6.45) is 0.890. The van der Waals surface area contributed by atoms with Crippen molar-refractivity contribution in [3.05, 3.63) is 41.3 Å². The summed E-state index contributed by atoms with van der Waals surface area (Å²) in [5.74, 6) is -0.436. The fourth-order valence-electron chi connectivity index (χ4n) is 2.00. The van der Waals surface area contributed by atoms with E-state index in [1.165, 1.54) is 6.07 Å². The molecular weight excluding hydrogens is 256 g/mol. The first-order chi connectivity index (χ1) is 9.56. The Hall–Kier alpha value is -2.37. The minimum Gasteiger partial charge on any atom is -0.477 e. The van der Waals surface area contributed by atoms with Gasteiger partial charge >= 0.3 is 5.97 Å². The van der Waals surface area contributed by atoms with Crippen LogP contribution >= 0.6 is 0 Å². The van der Waals surface area contributed by atoms with Crippen molar-refractivity contribution in [1.29, 1.82) is 0 Å². The number of aromatic nitrogens is 3. The second-order valence-electron chi connectivity index (χ2n) is 4.64. The van der Waals surface area contributed by atoms with Crippen LogP contribution in [0, 0.1) is 13.8 Å². The van der Waals surface area contributed by atoms with E-state index in [1.807, 2.05) is 24.6 Å². The van der Waals surface area contributed by atoms with Gasteiger partial charge in [0.1, 0.15) is 5.82 Å². The van der Waals surface area contributed by atoms with Crippen LogP contribution in [0.1, 0.15) is 28.3 Å².